The molecular formula is C14H22N2O2. The second-order valence-corrected chi connectivity index (χ2v) is 4.39. The summed E-state index contributed by atoms with van der Waals surface area (Å²) in [4.78, 5) is 18.2. The van der Waals surface area contributed by atoms with Crippen molar-refractivity contribution in [2.45, 2.75) is 39.5 Å². The van der Waals surface area contributed by atoms with Crippen LogP contribution >= 0.6 is 0 Å². The van der Waals surface area contributed by atoms with E-state index in [1.54, 1.807) is 18.6 Å². The minimum atomic E-state index is -0.292. The zero-order chi connectivity index (χ0) is 13.2. The van der Waals surface area contributed by atoms with Gasteiger partial charge < -0.3 is 9.72 Å². The van der Waals surface area contributed by atoms with Crippen molar-refractivity contribution >= 4 is 12.0 Å². The van der Waals surface area contributed by atoms with E-state index < -0.39 is 0 Å². The Bertz CT molecular complexity index is 358. The van der Waals surface area contributed by atoms with Crippen molar-refractivity contribution in [2.24, 2.45) is 5.92 Å². The summed E-state index contributed by atoms with van der Waals surface area (Å²) >= 11 is 0. The number of nitrogens with one attached hydrogen (secondary N) is 1. The van der Waals surface area contributed by atoms with Gasteiger partial charge in [0, 0.05) is 6.08 Å². The molecule has 18 heavy (non-hydrogen) atoms. The Balaban J connectivity index is 2.27. The number of imidazole rings is 1. The Morgan fingerprint density at radius 1 is 1.56 bits per heavy atom. The number of rotatable bonds is 8. The number of esters is 1. The van der Waals surface area contributed by atoms with Gasteiger partial charge in [0.25, 0.3) is 0 Å². The minimum Gasteiger partial charge on any atom is -0.462 e. The van der Waals surface area contributed by atoms with E-state index in [0.717, 1.165) is 18.5 Å². The van der Waals surface area contributed by atoms with E-state index in [4.69, 9.17) is 4.74 Å². The Kier molecular flexibility index (Phi) is 6.84. The Morgan fingerprint density at radius 2 is 2.39 bits per heavy atom. The zero-order valence-electron chi connectivity index (χ0n) is 11.2. The summed E-state index contributed by atoms with van der Waals surface area (Å²) in [5.41, 5.74) is 0.796. The van der Waals surface area contributed by atoms with Gasteiger partial charge in [0.1, 0.15) is 0 Å². The monoisotopic (exact) mass is 250 g/mol. The number of H-pyrrole nitrogens is 1. The van der Waals surface area contributed by atoms with Crippen LogP contribution in [-0.4, -0.2) is 22.5 Å². The van der Waals surface area contributed by atoms with Crippen molar-refractivity contribution in [2.75, 3.05) is 6.61 Å². The van der Waals surface area contributed by atoms with Crippen molar-refractivity contribution in [1.82, 2.24) is 9.97 Å². The quantitative estimate of drug-likeness (QED) is 0.569. The van der Waals surface area contributed by atoms with Crippen LogP contribution in [0.4, 0.5) is 0 Å². The van der Waals surface area contributed by atoms with Crippen LogP contribution < -0.4 is 0 Å². The van der Waals surface area contributed by atoms with E-state index >= 15 is 0 Å². The first-order valence-corrected chi connectivity index (χ1v) is 6.59. The summed E-state index contributed by atoms with van der Waals surface area (Å²) in [6.07, 6.45) is 10.9. The van der Waals surface area contributed by atoms with Crippen LogP contribution in [0.25, 0.3) is 6.08 Å². The first-order valence-electron chi connectivity index (χ1n) is 6.59. The molecule has 0 fully saturated rings. The summed E-state index contributed by atoms with van der Waals surface area (Å²) in [6.45, 7) is 4.82. The number of aromatic nitrogens is 2. The van der Waals surface area contributed by atoms with Crippen molar-refractivity contribution in [3.63, 3.8) is 0 Å². The Morgan fingerprint density at radius 3 is 3.00 bits per heavy atom. The van der Waals surface area contributed by atoms with Gasteiger partial charge in [-0.1, -0.05) is 33.1 Å². The number of nitrogens with zero attached hydrogens (tertiary/aromatic N) is 1. The molecule has 0 saturated carbocycles. The van der Waals surface area contributed by atoms with Gasteiger partial charge in [-0.05, 0) is 18.4 Å². The molecule has 0 amide bonds. The second kappa shape index (κ2) is 8.50. The van der Waals surface area contributed by atoms with Gasteiger partial charge >= 0.3 is 5.97 Å². The minimum absolute atomic E-state index is 0.292. The van der Waals surface area contributed by atoms with E-state index in [1.165, 1.54) is 18.9 Å². The van der Waals surface area contributed by atoms with E-state index in [1.807, 2.05) is 0 Å². The molecule has 1 heterocycles. The van der Waals surface area contributed by atoms with Crippen LogP contribution in [0.1, 0.15) is 45.2 Å². The highest BCUT2D eigenvalue weighted by molar-refractivity contribution is 5.86. The standard InChI is InChI=1S/C14H22N2O2/c1-3-5-6-12(4-2)10-18-14(17)8-7-13-9-15-11-16-13/h7-9,11-12H,3-6,10H2,1-2H3,(H,15,16). The molecule has 0 aliphatic carbocycles. The smallest absolute Gasteiger partial charge is 0.330 e. The molecular weight excluding hydrogens is 228 g/mol. The summed E-state index contributed by atoms with van der Waals surface area (Å²) in [6, 6.07) is 0. The number of unbranched alkanes of at least 4 members (excludes halogenated alkanes) is 1. The van der Waals surface area contributed by atoms with E-state index in [2.05, 4.69) is 23.8 Å². The first kappa shape index (κ1) is 14.5. The normalized spacial score (nSPS) is 12.8. The van der Waals surface area contributed by atoms with E-state index in [0.29, 0.717) is 12.5 Å². The Hall–Kier alpha value is -1.58. The number of aromatic amines is 1. The van der Waals surface area contributed by atoms with Crippen LogP contribution in [0.3, 0.4) is 0 Å². The predicted molar refractivity (Wildman–Crippen MR) is 71.9 cm³/mol. The molecule has 0 aliphatic rings. The van der Waals surface area contributed by atoms with Crippen molar-refractivity contribution in [1.29, 1.82) is 0 Å². The topological polar surface area (TPSA) is 55.0 Å². The number of carbonyl (C=O) groups is 1. The van der Waals surface area contributed by atoms with Gasteiger partial charge in [0.2, 0.25) is 0 Å². The molecule has 0 aromatic carbocycles. The van der Waals surface area contributed by atoms with Crippen LogP contribution in [0.5, 0.6) is 0 Å². The highest BCUT2D eigenvalue weighted by Gasteiger charge is 2.08. The highest BCUT2D eigenvalue weighted by atomic mass is 16.5. The summed E-state index contributed by atoms with van der Waals surface area (Å²) in [5, 5.41) is 0. The third-order valence-electron chi connectivity index (χ3n) is 2.92. The van der Waals surface area contributed by atoms with Gasteiger partial charge in [0.15, 0.2) is 0 Å². The largest absolute Gasteiger partial charge is 0.462 e. The van der Waals surface area contributed by atoms with Gasteiger partial charge in [-0.25, -0.2) is 9.78 Å². The molecule has 0 saturated heterocycles. The summed E-state index contributed by atoms with van der Waals surface area (Å²) in [7, 11) is 0. The zero-order valence-corrected chi connectivity index (χ0v) is 11.2. The SMILES string of the molecule is CCCCC(CC)COC(=O)C=Cc1cnc[nH]1. The maximum absolute atomic E-state index is 11.5. The lowest BCUT2D eigenvalue weighted by Crippen LogP contribution is -2.12. The average Bonchev–Trinajstić information content (AvgIpc) is 2.89. The first-order chi connectivity index (χ1) is 8.76. The molecule has 1 aromatic heterocycles. The fourth-order valence-corrected chi connectivity index (χ4v) is 1.66. The molecule has 100 valence electrons. The molecule has 1 unspecified atom stereocenters. The number of ether oxygens (including phenoxy) is 1. The molecule has 0 radical (unpaired) electrons. The lowest BCUT2D eigenvalue weighted by molar-refractivity contribution is -0.139. The number of hydrogen-bond acceptors (Lipinski definition) is 3. The molecule has 1 N–H and O–H groups in total. The Labute approximate surface area is 108 Å². The molecule has 1 rings (SSSR count). The average molecular weight is 250 g/mol. The van der Waals surface area contributed by atoms with Gasteiger partial charge in [0.05, 0.1) is 24.8 Å². The fourth-order valence-electron chi connectivity index (χ4n) is 1.66. The maximum Gasteiger partial charge on any atom is 0.330 e. The lowest BCUT2D eigenvalue weighted by atomic mass is 10.0. The van der Waals surface area contributed by atoms with Crippen LogP contribution in [-0.2, 0) is 9.53 Å². The fraction of sp³-hybridized carbons (Fsp3) is 0.571. The molecule has 4 heteroatoms. The van der Waals surface area contributed by atoms with Crippen molar-refractivity contribution in [3.8, 4) is 0 Å². The number of carbonyl (C=O) groups excluding carboxylic acids is 1. The molecule has 1 aromatic rings. The van der Waals surface area contributed by atoms with Crippen LogP contribution in [0.2, 0.25) is 0 Å². The maximum atomic E-state index is 11.5. The third-order valence-corrected chi connectivity index (χ3v) is 2.92. The summed E-state index contributed by atoms with van der Waals surface area (Å²) < 4.78 is 5.23. The third kappa shape index (κ3) is 5.66. The molecule has 1 atom stereocenters. The van der Waals surface area contributed by atoms with Gasteiger partial charge in [-0.15, -0.1) is 0 Å². The summed E-state index contributed by atoms with van der Waals surface area (Å²) in [5.74, 6) is 0.189. The predicted octanol–water partition coefficient (Wildman–Crippen LogP) is 3.18. The van der Waals surface area contributed by atoms with Gasteiger partial charge in [-0.2, -0.15) is 0 Å². The molecule has 0 bridgehead atoms. The molecule has 0 aliphatic heterocycles. The highest BCUT2D eigenvalue weighted by Crippen LogP contribution is 2.12. The van der Waals surface area contributed by atoms with Crippen LogP contribution in [0.15, 0.2) is 18.6 Å². The molecule has 4 nitrogen and oxygen atoms in total. The molecule has 0 spiro atoms. The van der Waals surface area contributed by atoms with Crippen LogP contribution in [0, 0.1) is 5.92 Å². The lowest BCUT2D eigenvalue weighted by Gasteiger charge is -2.13. The van der Waals surface area contributed by atoms with E-state index in [-0.39, 0.29) is 5.97 Å². The second-order valence-electron chi connectivity index (χ2n) is 4.39. The number of hydrogen-bond donors (Lipinski definition) is 1. The van der Waals surface area contributed by atoms with Gasteiger partial charge in [-0.3, -0.25) is 0 Å². The van der Waals surface area contributed by atoms with Crippen molar-refractivity contribution in [3.05, 3.63) is 24.3 Å². The van der Waals surface area contributed by atoms with Crippen molar-refractivity contribution < 1.29 is 9.53 Å². The van der Waals surface area contributed by atoms with E-state index in [9.17, 15) is 4.79 Å².